The van der Waals surface area contributed by atoms with Crippen LogP contribution in [0.5, 0.6) is 0 Å². The molecule has 4 atom stereocenters. The van der Waals surface area contributed by atoms with E-state index in [1.54, 1.807) is 7.05 Å². The molecule has 2 aliphatic heterocycles. The normalized spacial score (nSPS) is 18.9. The van der Waals surface area contributed by atoms with Crippen molar-refractivity contribution in [2.45, 2.75) is 110 Å². The SMILES string of the molecule is CN1CC[C@H]2CC[C@@H](C(=O)N[C@@H](CCC(N)=O)C(=O)NCc3ccccc3)N2C(=O)[C@@H](NC(=O)c2cc3cc(C(F)(F)P(=O)(OCOC(=O)C(C)(C)C)OCOC(=O)C(C)(C)C)ccc3[nH]2)C1. The summed E-state index contributed by atoms with van der Waals surface area (Å²) >= 11 is 0. The molecule has 0 aliphatic carbocycles. The fourth-order valence-corrected chi connectivity index (χ4v) is 8.63. The molecular weight excluding hydrogens is 900 g/mol. The number of nitrogens with two attached hydrogens (primary N) is 1. The third-order valence-electron chi connectivity index (χ3n) is 11.2. The van der Waals surface area contributed by atoms with Crippen LogP contribution in [0.1, 0.15) is 95.3 Å². The quantitative estimate of drug-likeness (QED) is 0.0674. The summed E-state index contributed by atoms with van der Waals surface area (Å²) in [5.41, 5.74) is -1.16. The summed E-state index contributed by atoms with van der Waals surface area (Å²) in [6.45, 7) is 7.39. The lowest BCUT2D eigenvalue weighted by Crippen LogP contribution is -2.61. The van der Waals surface area contributed by atoms with Gasteiger partial charge in [0.25, 0.3) is 5.91 Å². The van der Waals surface area contributed by atoms with Gasteiger partial charge in [0.05, 0.1) is 10.8 Å². The second-order valence-electron chi connectivity index (χ2n) is 18.7. The van der Waals surface area contributed by atoms with Crippen LogP contribution in [-0.2, 0) is 64.1 Å². The van der Waals surface area contributed by atoms with Gasteiger partial charge in [-0.15, -0.1) is 0 Å². The first-order chi connectivity index (χ1) is 31.3. The molecule has 0 bridgehead atoms. The van der Waals surface area contributed by atoms with Crippen molar-refractivity contribution in [3.05, 3.63) is 71.4 Å². The van der Waals surface area contributed by atoms with E-state index >= 15 is 8.78 Å². The Labute approximate surface area is 387 Å². The maximum Gasteiger partial charge on any atom is 0.410 e. The third-order valence-corrected chi connectivity index (χ3v) is 13.1. The molecule has 3 heterocycles. The number of esters is 2. The van der Waals surface area contributed by atoms with Gasteiger partial charge >= 0.3 is 25.2 Å². The highest BCUT2D eigenvalue weighted by molar-refractivity contribution is 7.54. The summed E-state index contributed by atoms with van der Waals surface area (Å²) in [7, 11) is -3.87. The number of primary amides is 1. The monoisotopic (exact) mass is 959 g/mol. The van der Waals surface area contributed by atoms with E-state index in [4.69, 9.17) is 24.3 Å². The number of amides is 5. The highest BCUT2D eigenvalue weighted by Gasteiger charge is 2.56. The average molecular weight is 960 g/mol. The van der Waals surface area contributed by atoms with E-state index in [1.807, 2.05) is 35.2 Å². The summed E-state index contributed by atoms with van der Waals surface area (Å²) in [6.07, 6.45) is 0.991. The van der Waals surface area contributed by atoms with Gasteiger partial charge in [0, 0.05) is 42.0 Å². The van der Waals surface area contributed by atoms with Crippen molar-refractivity contribution in [2.24, 2.45) is 16.6 Å². The van der Waals surface area contributed by atoms with Crippen LogP contribution in [-0.4, -0.2) is 114 Å². The lowest BCUT2D eigenvalue weighted by atomic mass is 9.98. The number of H-pyrrole nitrogens is 1. The second-order valence-corrected chi connectivity index (χ2v) is 20.8. The van der Waals surface area contributed by atoms with Gasteiger partial charge in [0.2, 0.25) is 37.2 Å². The molecule has 6 N–H and O–H groups in total. The molecule has 0 saturated carbocycles. The number of likely N-dealkylation sites (N-methyl/N-ethyl adjacent to an activating group) is 1. The minimum absolute atomic E-state index is 0.0489. The van der Waals surface area contributed by atoms with E-state index < -0.39 is 103 Å². The van der Waals surface area contributed by atoms with Gasteiger partial charge in [-0.2, -0.15) is 8.78 Å². The van der Waals surface area contributed by atoms with Crippen LogP contribution in [0, 0.1) is 10.8 Å². The molecule has 5 amide bonds. The molecule has 0 radical (unpaired) electrons. The zero-order valence-corrected chi connectivity index (χ0v) is 39.5. The fraction of sp³-hybridized carbons (Fsp3) is 0.533. The Bertz CT molecular complexity index is 2330. The van der Waals surface area contributed by atoms with Crippen molar-refractivity contribution in [3.8, 4) is 0 Å². The molecule has 1 aromatic heterocycles. The van der Waals surface area contributed by atoms with Crippen molar-refractivity contribution in [3.63, 3.8) is 0 Å². The van der Waals surface area contributed by atoms with E-state index in [0.717, 1.165) is 17.7 Å². The molecule has 22 heteroatoms. The Morgan fingerprint density at radius 2 is 1.52 bits per heavy atom. The van der Waals surface area contributed by atoms with Gasteiger partial charge in [-0.25, -0.2) is 0 Å². The minimum Gasteiger partial charge on any atom is -0.438 e. The van der Waals surface area contributed by atoms with Crippen LogP contribution in [0.2, 0.25) is 0 Å². The predicted octanol–water partition coefficient (Wildman–Crippen LogP) is 4.40. The van der Waals surface area contributed by atoms with Crippen molar-refractivity contribution in [1.82, 2.24) is 30.7 Å². The average Bonchev–Trinajstić information content (AvgIpc) is 3.89. The Morgan fingerprint density at radius 1 is 0.896 bits per heavy atom. The Kier molecular flexibility index (Phi) is 16.7. The van der Waals surface area contributed by atoms with Crippen LogP contribution >= 0.6 is 7.60 Å². The van der Waals surface area contributed by atoms with Crippen LogP contribution in [0.4, 0.5) is 8.78 Å². The van der Waals surface area contributed by atoms with Crippen molar-refractivity contribution in [2.75, 3.05) is 33.7 Å². The summed E-state index contributed by atoms with van der Waals surface area (Å²) in [5.74, 6) is -4.85. The molecule has 19 nitrogen and oxygen atoms in total. The van der Waals surface area contributed by atoms with E-state index in [0.29, 0.717) is 19.4 Å². The molecular formula is C45H60F2N7O12P. The number of alkyl halides is 2. The van der Waals surface area contributed by atoms with Crippen LogP contribution in [0.15, 0.2) is 54.6 Å². The van der Waals surface area contributed by atoms with Crippen molar-refractivity contribution < 1.29 is 65.4 Å². The Hall–Kier alpha value is -5.76. The molecule has 67 heavy (non-hydrogen) atoms. The van der Waals surface area contributed by atoms with Crippen LogP contribution < -0.4 is 21.7 Å². The van der Waals surface area contributed by atoms with E-state index in [-0.39, 0.29) is 55.0 Å². The molecule has 0 spiro atoms. The number of nitrogens with one attached hydrogen (secondary N) is 4. The Morgan fingerprint density at radius 3 is 2.12 bits per heavy atom. The van der Waals surface area contributed by atoms with Gasteiger partial charge < -0.3 is 45.9 Å². The van der Waals surface area contributed by atoms with Gasteiger partial charge in [0.15, 0.2) is 0 Å². The number of aromatic nitrogens is 1. The zero-order valence-electron chi connectivity index (χ0n) is 38.7. The summed E-state index contributed by atoms with van der Waals surface area (Å²) < 4.78 is 66.4. The summed E-state index contributed by atoms with van der Waals surface area (Å²) in [5, 5.41) is 8.29. The first kappa shape index (κ1) is 52.2. The van der Waals surface area contributed by atoms with E-state index in [9.17, 15) is 38.1 Å². The van der Waals surface area contributed by atoms with E-state index in [1.165, 1.54) is 58.6 Å². The maximum atomic E-state index is 16.4. The van der Waals surface area contributed by atoms with Crippen molar-refractivity contribution in [1.29, 1.82) is 0 Å². The van der Waals surface area contributed by atoms with Crippen molar-refractivity contribution >= 4 is 60.0 Å². The van der Waals surface area contributed by atoms with Gasteiger partial charge in [0.1, 0.15) is 23.8 Å². The summed E-state index contributed by atoms with van der Waals surface area (Å²) in [6, 6.07) is 9.67. The van der Waals surface area contributed by atoms with E-state index in [2.05, 4.69) is 20.9 Å². The topological polar surface area (TPSA) is 258 Å². The molecule has 3 aromatic rings. The van der Waals surface area contributed by atoms with Gasteiger partial charge in [-0.1, -0.05) is 36.4 Å². The highest BCUT2D eigenvalue weighted by atomic mass is 31.2. The number of hydrogen-bond donors (Lipinski definition) is 5. The number of fused-ring (bicyclic) bond motifs is 2. The zero-order chi connectivity index (χ0) is 49.5. The first-order valence-electron chi connectivity index (χ1n) is 21.8. The Balaban J connectivity index is 1.33. The second kappa shape index (κ2) is 21.5. The number of ether oxygens (including phenoxy) is 2. The summed E-state index contributed by atoms with van der Waals surface area (Å²) in [4.78, 5) is 98.0. The predicted molar refractivity (Wildman–Crippen MR) is 238 cm³/mol. The number of carbonyl (C=O) groups is 7. The standard InChI is InChI=1S/C45H60F2N7O12P/c1-43(2,3)41(60)63-25-65-67(62,66-26-64-42(61)44(4,5)6)45(46,47)29-13-15-31-28(21-29)22-33(50-31)38(57)52-34-24-53(7)20-19-30-14-17-35(54(30)40(34)59)39(58)51-32(16-18-36(48)55)37(56)49-23-27-11-9-8-10-12-27/h8-13,15,21-22,30,32,34-35,50H,14,16-20,23-26H2,1-7H3,(H2,48,55)(H,49,56)(H,51,58)(H,52,57)/t30-,32+,34+,35+/m1/s1. The first-order valence-corrected chi connectivity index (χ1v) is 23.3. The van der Waals surface area contributed by atoms with Crippen LogP contribution in [0.25, 0.3) is 10.9 Å². The number of nitrogens with zero attached hydrogens (tertiary/aromatic N) is 2. The number of benzene rings is 2. The fourth-order valence-electron chi connectivity index (χ4n) is 7.39. The molecule has 2 saturated heterocycles. The molecule has 2 aliphatic rings. The molecule has 366 valence electrons. The molecule has 0 unspecified atom stereocenters. The van der Waals surface area contributed by atoms with Gasteiger partial charge in [-0.3, -0.25) is 47.2 Å². The smallest absolute Gasteiger partial charge is 0.410 e. The highest BCUT2D eigenvalue weighted by Crippen LogP contribution is 2.67. The number of hydrogen-bond acceptors (Lipinski definition) is 13. The molecule has 2 aromatic carbocycles. The minimum atomic E-state index is -5.64. The van der Waals surface area contributed by atoms with Gasteiger partial charge in [-0.05, 0) is 105 Å². The van der Waals surface area contributed by atoms with Crippen LogP contribution in [0.3, 0.4) is 0 Å². The number of carbonyl (C=O) groups excluding carboxylic acids is 7. The number of rotatable bonds is 18. The molecule has 5 rings (SSSR count). The largest absolute Gasteiger partial charge is 0.438 e. The number of halogens is 2. The lowest BCUT2D eigenvalue weighted by molar-refractivity contribution is -0.163. The maximum absolute atomic E-state index is 16.4. The number of aromatic amines is 1. The molecule has 2 fully saturated rings. The lowest BCUT2D eigenvalue weighted by Gasteiger charge is -2.37. The third kappa shape index (κ3) is 13.2.